The summed E-state index contributed by atoms with van der Waals surface area (Å²) < 4.78 is 1.85. The molecule has 1 aromatic heterocycles. The third-order valence-electron chi connectivity index (χ3n) is 2.74. The van der Waals surface area contributed by atoms with Gasteiger partial charge in [0.1, 0.15) is 6.33 Å². The maximum Gasteiger partial charge on any atom is 0.253 e. The Kier molecular flexibility index (Phi) is 4.01. The minimum atomic E-state index is -0.286. The number of carbonyl (C=O) groups is 1. The third kappa shape index (κ3) is 2.85. The summed E-state index contributed by atoms with van der Waals surface area (Å²) >= 11 is 5.87. The van der Waals surface area contributed by atoms with Crippen molar-refractivity contribution < 1.29 is 4.79 Å². The first-order valence-corrected chi connectivity index (χ1v) is 6.20. The topological polar surface area (TPSA) is 85.8 Å². The fraction of sp³-hybridized carbons (Fsp3) is 0.250. The number of nitrogens with one attached hydrogen (secondary N) is 1. The number of aromatic nitrogens is 3. The van der Waals surface area contributed by atoms with Crippen molar-refractivity contribution in [3.8, 4) is 0 Å². The molecule has 6 nitrogen and oxygen atoms in total. The molecule has 0 saturated carbocycles. The lowest BCUT2D eigenvalue weighted by molar-refractivity contribution is 0.0950. The molecule has 7 heteroatoms. The average molecular weight is 280 g/mol. The van der Waals surface area contributed by atoms with Gasteiger partial charge in [-0.1, -0.05) is 17.7 Å². The van der Waals surface area contributed by atoms with Crippen LogP contribution in [0, 0.1) is 0 Å². The van der Waals surface area contributed by atoms with Gasteiger partial charge in [0, 0.05) is 6.54 Å². The van der Waals surface area contributed by atoms with Gasteiger partial charge >= 0.3 is 0 Å². The number of nitrogens with zero attached hydrogens (tertiary/aromatic N) is 3. The fourth-order valence-corrected chi connectivity index (χ4v) is 1.84. The third-order valence-corrected chi connectivity index (χ3v) is 3.07. The van der Waals surface area contributed by atoms with E-state index in [4.69, 9.17) is 17.3 Å². The largest absolute Gasteiger partial charge is 0.397 e. The molecule has 0 aliphatic carbocycles. The van der Waals surface area contributed by atoms with Crippen molar-refractivity contribution in [3.05, 3.63) is 40.9 Å². The minimum absolute atomic E-state index is 0.277. The van der Waals surface area contributed by atoms with Gasteiger partial charge < -0.3 is 15.6 Å². The van der Waals surface area contributed by atoms with Crippen molar-refractivity contribution in [2.24, 2.45) is 0 Å². The van der Waals surface area contributed by atoms with Crippen LogP contribution in [0.25, 0.3) is 0 Å². The van der Waals surface area contributed by atoms with Crippen LogP contribution in [0.3, 0.4) is 0 Å². The van der Waals surface area contributed by atoms with E-state index < -0.39 is 0 Å². The molecule has 0 saturated heterocycles. The predicted octanol–water partition coefficient (Wildman–Crippen LogP) is 1.46. The number of carbonyl (C=O) groups excluding carboxylic acids is 1. The van der Waals surface area contributed by atoms with Crippen LogP contribution in [0.2, 0.25) is 5.02 Å². The molecule has 0 aliphatic rings. The highest BCUT2D eigenvalue weighted by Gasteiger charge is 2.12. The zero-order valence-corrected chi connectivity index (χ0v) is 11.2. The molecule has 0 bridgehead atoms. The normalized spacial score (nSPS) is 10.4. The van der Waals surface area contributed by atoms with Gasteiger partial charge in [0.25, 0.3) is 5.91 Å². The Balaban J connectivity index is 2.08. The van der Waals surface area contributed by atoms with E-state index in [1.807, 2.05) is 11.5 Å². The Morgan fingerprint density at radius 1 is 1.53 bits per heavy atom. The molecular formula is C12H14ClN5O. The second-order valence-corrected chi connectivity index (χ2v) is 4.32. The van der Waals surface area contributed by atoms with Crippen LogP contribution in [0.15, 0.2) is 24.5 Å². The van der Waals surface area contributed by atoms with E-state index in [1.54, 1.807) is 24.5 Å². The van der Waals surface area contributed by atoms with Crippen molar-refractivity contribution in [2.45, 2.75) is 20.0 Å². The summed E-state index contributed by atoms with van der Waals surface area (Å²) in [7, 11) is 0. The van der Waals surface area contributed by atoms with Crippen LogP contribution in [-0.4, -0.2) is 20.7 Å². The summed E-state index contributed by atoms with van der Waals surface area (Å²) in [6.45, 7) is 3.01. The number of hydrogen-bond acceptors (Lipinski definition) is 4. The van der Waals surface area contributed by atoms with Crippen molar-refractivity contribution >= 4 is 23.2 Å². The zero-order chi connectivity index (χ0) is 13.8. The minimum Gasteiger partial charge on any atom is -0.397 e. The first-order valence-electron chi connectivity index (χ1n) is 5.82. The molecule has 19 heavy (non-hydrogen) atoms. The van der Waals surface area contributed by atoms with Crippen molar-refractivity contribution in [3.63, 3.8) is 0 Å². The first-order chi connectivity index (χ1) is 9.13. The van der Waals surface area contributed by atoms with Gasteiger partial charge in [-0.3, -0.25) is 4.79 Å². The number of hydrogen-bond donors (Lipinski definition) is 2. The van der Waals surface area contributed by atoms with Crippen molar-refractivity contribution in [2.75, 3.05) is 5.73 Å². The summed E-state index contributed by atoms with van der Waals surface area (Å²) in [5.74, 6) is 0.405. The van der Waals surface area contributed by atoms with Gasteiger partial charge in [-0.15, -0.1) is 10.2 Å². The van der Waals surface area contributed by atoms with Crippen LogP contribution in [0.4, 0.5) is 5.69 Å². The Bertz CT molecular complexity index is 596. The van der Waals surface area contributed by atoms with E-state index in [-0.39, 0.29) is 11.6 Å². The molecule has 0 radical (unpaired) electrons. The van der Waals surface area contributed by atoms with E-state index in [0.29, 0.717) is 23.0 Å². The Hall–Kier alpha value is -2.08. The number of nitrogen functional groups attached to an aromatic ring is 1. The van der Waals surface area contributed by atoms with Crippen LogP contribution in [0.1, 0.15) is 23.1 Å². The smallest absolute Gasteiger partial charge is 0.253 e. The van der Waals surface area contributed by atoms with Crippen LogP contribution >= 0.6 is 11.6 Å². The molecular weight excluding hydrogens is 266 g/mol. The molecule has 0 atom stereocenters. The Labute approximate surface area is 115 Å². The van der Waals surface area contributed by atoms with E-state index in [9.17, 15) is 4.79 Å². The predicted molar refractivity (Wildman–Crippen MR) is 72.7 cm³/mol. The molecule has 0 spiro atoms. The van der Waals surface area contributed by atoms with E-state index >= 15 is 0 Å². The maximum atomic E-state index is 12.0. The number of para-hydroxylation sites is 1. The van der Waals surface area contributed by atoms with Crippen LogP contribution in [0.5, 0.6) is 0 Å². The lowest BCUT2D eigenvalue weighted by Crippen LogP contribution is -2.25. The molecule has 1 aromatic carbocycles. The van der Waals surface area contributed by atoms with E-state index in [1.165, 1.54) is 0 Å². The van der Waals surface area contributed by atoms with E-state index in [0.717, 1.165) is 6.54 Å². The summed E-state index contributed by atoms with van der Waals surface area (Å²) in [6, 6.07) is 4.95. The molecule has 2 rings (SSSR count). The zero-order valence-electron chi connectivity index (χ0n) is 10.4. The van der Waals surface area contributed by atoms with Gasteiger partial charge in [0.2, 0.25) is 0 Å². The van der Waals surface area contributed by atoms with Crippen LogP contribution in [-0.2, 0) is 13.1 Å². The molecule has 1 heterocycles. The van der Waals surface area contributed by atoms with Gasteiger partial charge in [-0.05, 0) is 19.1 Å². The summed E-state index contributed by atoms with van der Waals surface area (Å²) in [5.41, 5.74) is 6.40. The molecule has 3 N–H and O–H groups in total. The number of rotatable bonds is 4. The number of aryl methyl sites for hydroxylation is 1. The first kappa shape index (κ1) is 13.4. The van der Waals surface area contributed by atoms with Gasteiger partial charge in [-0.25, -0.2) is 0 Å². The molecule has 2 aromatic rings. The molecule has 0 aliphatic heterocycles. The molecule has 100 valence electrons. The maximum absolute atomic E-state index is 12.0. The monoisotopic (exact) mass is 279 g/mol. The lowest BCUT2D eigenvalue weighted by atomic mass is 10.1. The standard InChI is InChI=1S/C12H14ClN5O/c1-2-18-7-16-17-10(18)6-15-12(19)8-4-3-5-9(13)11(8)14/h3-5,7H,2,6,14H2,1H3,(H,15,19). The summed E-state index contributed by atoms with van der Waals surface area (Å²) in [4.78, 5) is 12.0. The number of nitrogens with two attached hydrogens (primary N) is 1. The summed E-state index contributed by atoms with van der Waals surface area (Å²) in [6.07, 6.45) is 1.62. The Morgan fingerprint density at radius 2 is 2.32 bits per heavy atom. The Morgan fingerprint density at radius 3 is 3.05 bits per heavy atom. The molecule has 1 amide bonds. The van der Waals surface area contributed by atoms with Crippen LogP contribution < -0.4 is 11.1 Å². The number of anilines is 1. The van der Waals surface area contributed by atoms with Gasteiger partial charge in [0.05, 0.1) is 22.8 Å². The van der Waals surface area contributed by atoms with Crippen molar-refractivity contribution in [1.82, 2.24) is 20.1 Å². The summed E-state index contributed by atoms with van der Waals surface area (Å²) in [5, 5.41) is 10.8. The highest BCUT2D eigenvalue weighted by molar-refractivity contribution is 6.33. The molecule has 0 unspecified atom stereocenters. The second kappa shape index (κ2) is 5.71. The number of benzene rings is 1. The number of amides is 1. The second-order valence-electron chi connectivity index (χ2n) is 3.92. The highest BCUT2D eigenvalue weighted by atomic mass is 35.5. The van der Waals surface area contributed by atoms with Crippen molar-refractivity contribution in [1.29, 1.82) is 0 Å². The number of halogens is 1. The molecule has 0 fully saturated rings. The van der Waals surface area contributed by atoms with Gasteiger partial charge in [0.15, 0.2) is 5.82 Å². The highest BCUT2D eigenvalue weighted by Crippen LogP contribution is 2.22. The SMILES string of the molecule is CCn1cnnc1CNC(=O)c1cccc(Cl)c1N. The van der Waals surface area contributed by atoms with Gasteiger partial charge in [-0.2, -0.15) is 0 Å². The quantitative estimate of drug-likeness (QED) is 0.830. The fourth-order valence-electron chi connectivity index (χ4n) is 1.67. The van der Waals surface area contributed by atoms with E-state index in [2.05, 4.69) is 15.5 Å². The average Bonchev–Trinajstić information content (AvgIpc) is 2.86. The lowest BCUT2D eigenvalue weighted by Gasteiger charge is -2.08.